The molecular formula is C21H21N5O3S. The molecule has 0 aliphatic carbocycles. The lowest BCUT2D eigenvalue weighted by Gasteiger charge is -2.56. The van der Waals surface area contributed by atoms with Gasteiger partial charge in [0.15, 0.2) is 0 Å². The quantitative estimate of drug-likeness (QED) is 0.793. The summed E-state index contributed by atoms with van der Waals surface area (Å²) in [6, 6.07) is 9.28. The molecule has 1 N–H and O–H groups in total. The van der Waals surface area contributed by atoms with Crippen molar-refractivity contribution >= 4 is 40.2 Å². The third-order valence-corrected chi connectivity index (χ3v) is 7.02. The minimum absolute atomic E-state index is 0.0274. The van der Waals surface area contributed by atoms with Crippen LogP contribution in [0.3, 0.4) is 0 Å². The highest BCUT2D eigenvalue weighted by Crippen LogP contribution is 2.39. The Morgan fingerprint density at radius 2 is 2.20 bits per heavy atom. The van der Waals surface area contributed by atoms with E-state index in [1.165, 1.54) is 4.90 Å². The van der Waals surface area contributed by atoms with Gasteiger partial charge in [0, 0.05) is 42.5 Å². The normalized spacial score (nSPS) is 21.8. The van der Waals surface area contributed by atoms with E-state index >= 15 is 0 Å². The summed E-state index contributed by atoms with van der Waals surface area (Å²) in [7, 11) is 0. The lowest BCUT2D eigenvalue weighted by molar-refractivity contribution is -0.160. The minimum atomic E-state index is -0.428. The van der Waals surface area contributed by atoms with E-state index in [1.807, 2.05) is 18.2 Å². The Balaban J connectivity index is 1.31. The summed E-state index contributed by atoms with van der Waals surface area (Å²) >= 11 is 1.54. The number of amides is 2. The zero-order valence-electron chi connectivity index (χ0n) is 16.3. The van der Waals surface area contributed by atoms with E-state index in [9.17, 15) is 9.59 Å². The number of nitrogens with one attached hydrogen (secondary N) is 1. The molecule has 1 aromatic heterocycles. The van der Waals surface area contributed by atoms with Gasteiger partial charge in [0.05, 0.1) is 36.2 Å². The van der Waals surface area contributed by atoms with Crippen LogP contribution in [0.2, 0.25) is 0 Å². The van der Waals surface area contributed by atoms with Crippen molar-refractivity contribution in [3.8, 4) is 6.07 Å². The van der Waals surface area contributed by atoms with Crippen molar-refractivity contribution in [1.29, 1.82) is 5.26 Å². The maximum absolute atomic E-state index is 12.8. The van der Waals surface area contributed by atoms with Crippen molar-refractivity contribution in [3.05, 3.63) is 36.0 Å². The fraction of sp³-hybridized carbons (Fsp3) is 0.429. The first-order chi connectivity index (χ1) is 14.6. The van der Waals surface area contributed by atoms with Crippen LogP contribution in [0, 0.1) is 11.3 Å². The van der Waals surface area contributed by atoms with Gasteiger partial charge in [-0.1, -0.05) is 0 Å². The number of pyridine rings is 1. The van der Waals surface area contributed by atoms with Crippen molar-refractivity contribution in [3.63, 3.8) is 0 Å². The van der Waals surface area contributed by atoms with E-state index in [1.54, 1.807) is 24.0 Å². The fourth-order valence-electron chi connectivity index (χ4n) is 4.15. The number of hydrogen-bond acceptors (Lipinski definition) is 7. The molecule has 1 unspecified atom stereocenters. The standard InChI is InChI=1S/C21H21N5O3S/c22-8-15-10-30-13-26(15)19(27)9-24-20(28)16-3-5-23-18-2-1-14(7-17(16)18)25-11-21(12-25)4-6-29-21/h1-3,5,7,15H,4,6,9-13H2,(H,24,28). The van der Waals surface area contributed by atoms with Crippen LogP contribution in [-0.2, 0) is 9.53 Å². The molecule has 3 aliphatic rings. The van der Waals surface area contributed by atoms with Crippen LogP contribution in [0.4, 0.5) is 5.69 Å². The second-order valence-electron chi connectivity index (χ2n) is 7.89. The Morgan fingerprint density at radius 3 is 2.93 bits per heavy atom. The highest BCUT2D eigenvalue weighted by atomic mass is 32.2. The maximum atomic E-state index is 12.8. The number of thioether (sulfide) groups is 1. The summed E-state index contributed by atoms with van der Waals surface area (Å²) in [6.45, 7) is 2.43. The van der Waals surface area contributed by atoms with Gasteiger partial charge in [-0.05, 0) is 24.3 Å². The Hall–Kier alpha value is -2.83. The van der Waals surface area contributed by atoms with Gasteiger partial charge in [-0.15, -0.1) is 11.8 Å². The van der Waals surface area contributed by atoms with Crippen LogP contribution in [0.5, 0.6) is 0 Å². The summed E-state index contributed by atoms with van der Waals surface area (Å²) in [5.74, 6) is 0.521. The highest BCUT2D eigenvalue weighted by Gasteiger charge is 2.49. The van der Waals surface area contributed by atoms with Gasteiger partial charge in [-0.3, -0.25) is 14.6 Å². The van der Waals surface area contributed by atoms with E-state index in [0.29, 0.717) is 17.2 Å². The van der Waals surface area contributed by atoms with Gasteiger partial charge in [0.25, 0.3) is 5.91 Å². The second-order valence-corrected chi connectivity index (χ2v) is 8.89. The third kappa shape index (κ3) is 3.26. The van der Waals surface area contributed by atoms with E-state index in [0.717, 1.165) is 42.7 Å². The molecule has 0 radical (unpaired) electrons. The molecule has 0 saturated carbocycles. The highest BCUT2D eigenvalue weighted by molar-refractivity contribution is 7.99. The van der Waals surface area contributed by atoms with Gasteiger partial charge in [0.1, 0.15) is 11.6 Å². The molecule has 1 atom stereocenters. The predicted octanol–water partition coefficient (Wildman–Crippen LogP) is 1.37. The van der Waals surface area contributed by atoms with E-state index < -0.39 is 6.04 Å². The van der Waals surface area contributed by atoms with E-state index in [2.05, 4.69) is 21.3 Å². The number of fused-ring (bicyclic) bond motifs is 1. The van der Waals surface area contributed by atoms with Crippen molar-refractivity contribution in [2.75, 3.05) is 42.8 Å². The summed E-state index contributed by atoms with van der Waals surface area (Å²) in [4.78, 5) is 33.4. The van der Waals surface area contributed by atoms with Crippen molar-refractivity contribution in [2.45, 2.75) is 18.1 Å². The number of carbonyl (C=O) groups is 2. The van der Waals surface area contributed by atoms with Crippen LogP contribution in [-0.4, -0.2) is 71.2 Å². The minimum Gasteiger partial charge on any atom is -0.371 e. The first-order valence-electron chi connectivity index (χ1n) is 9.91. The average molecular weight is 423 g/mol. The lowest BCUT2D eigenvalue weighted by Crippen LogP contribution is -2.68. The van der Waals surface area contributed by atoms with Gasteiger partial charge in [0.2, 0.25) is 5.91 Å². The van der Waals surface area contributed by atoms with Gasteiger partial charge in [-0.25, -0.2) is 0 Å². The number of hydrogen-bond donors (Lipinski definition) is 1. The topological polar surface area (TPSA) is 98.6 Å². The molecule has 0 bridgehead atoms. The average Bonchev–Trinajstić information content (AvgIpc) is 3.18. The molecule has 30 heavy (non-hydrogen) atoms. The molecule has 3 aliphatic heterocycles. The number of nitriles is 1. The van der Waals surface area contributed by atoms with Crippen LogP contribution in [0.1, 0.15) is 16.8 Å². The number of rotatable bonds is 4. The molecule has 154 valence electrons. The number of benzene rings is 1. The fourth-order valence-corrected chi connectivity index (χ4v) is 5.25. The monoisotopic (exact) mass is 423 g/mol. The van der Waals surface area contributed by atoms with E-state index in [4.69, 9.17) is 10.00 Å². The Labute approximate surface area is 178 Å². The lowest BCUT2D eigenvalue weighted by atomic mass is 9.85. The van der Waals surface area contributed by atoms with Crippen LogP contribution < -0.4 is 10.2 Å². The number of nitrogens with zero attached hydrogens (tertiary/aromatic N) is 4. The van der Waals surface area contributed by atoms with Gasteiger partial charge < -0.3 is 19.9 Å². The molecule has 4 heterocycles. The number of anilines is 1. The Morgan fingerprint density at radius 1 is 1.37 bits per heavy atom. The Bertz CT molecular complexity index is 1060. The molecule has 5 rings (SSSR count). The summed E-state index contributed by atoms with van der Waals surface area (Å²) in [5, 5.41) is 12.6. The van der Waals surface area contributed by atoms with Crippen LogP contribution >= 0.6 is 11.8 Å². The smallest absolute Gasteiger partial charge is 0.252 e. The molecule has 3 saturated heterocycles. The molecule has 2 aromatic rings. The number of carbonyl (C=O) groups excluding carboxylic acids is 2. The molecule has 1 aromatic carbocycles. The van der Waals surface area contributed by atoms with Crippen LogP contribution in [0.25, 0.3) is 10.9 Å². The van der Waals surface area contributed by atoms with Gasteiger partial charge in [-0.2, -0.15) is 5.26 Å². The number of aromatic nitrogens is 1. The van der Waals surface area contributed by atoms with E-state index in [-0.39, 0.29) is 24.0 Å². The molecule has 2 amide bonds. The van der Waals surface area contributed by atoms with Crippen molar-refractivity contribution in [2.24, 2.45) is 0 Å². The summed E-state index contributed by atoms with van der Waals surface area (Å²) in [6.07, 6.45) is 2.70. The van der Waals surface area contributed by atoms with Crippen molar-refractivity contribution in [1.82, 2.24) is 15.2 Å². The number of ether oxygens (including phenoxy) is 1. The summed E-state index contributed by atoms with van der Waals surface area (Å²) in [5.41, 5.74) is 2.28. The first kappa shape index (κ1) is 19.2. The van der Waals surface area contributed by atoms with Gasteiger partial charge >= 0.3 is 0 Å². The zero-order valence-corrected chi connectivity index (χ0v) is 17.2. The zero-order chi connectivity index (χ0) is 20.7. The van der Waals surface area contributed by atoms with Crippen molar-refractivity contribution < 1.29 is 14.3 Å². The Kier molecular flexibility index (Phi) is 4.76. The molecule has 1 spiro atoms. The molecule has 9 heteroatoms. The van der Waals surface area contributed by atoms with Crippen LogP contribution in [0.15, 0.2) is 30.5 Å². The SMILES string of the molecule is N#CC1CSCN1C(=O)CNC(=O)c1ccnc2ccc(N3CC4(CCO4)C3)cc12. The third-order valence-electron chi connectivity index (χ3n) is 6.01. The molecule has 8 nitrogen and oxygen atoms in total. The largest absolute Gasteiger partial charge is 0.371 e. The molecular weight excluding hydrogens is 402 g/mol. The predicted molar refractivity (Wildman–Crippen MR) is 113 cm³/mol. The molecule has 3 fully saturated rings. The first-order valence-corrected chi connectivity index (χ1v) is 11.1. The summed E-state index contributed by atoms with van der Waals surface area (Å²) < 4.78 is 5.69. The maximum Gasteiger partial charge on any atom is 0.252 e. The second kappa shape index (κ2) is 7.45.